The molecule has 30 heavy (non-hydrogen) atoms. The molecule has 0 amide bonds. The Kier molecular flexibility index (Phi) is 6.63. The van der Waals surface area contributed by atoms with Gasteiger partial charge in [0.15, 0.2) is 0 Å². The van der Waals surface area contributed by atoms with E-state index in [2.05, 4.69) is 34.6 Å². The van der Waals surface area contributed by atoms with Crippen LogP contribution in [0, 0.1) is 52.3 Å². The maximum atomic E-state index is 10.9. The molecular formula is C28H48O2. The predicted molar refractivity (Wildman–Crippen MR) is 124 cm³/mol. The summed E-state index contributed by atoms with van der Waals surface area (Å²) >= 11 is 0. The average molecular weight is 417 g/mol. The van der Waals surface area contributed by atoms with Gasteiger partial charge in [-0.15, -0.1) is 0 Å². The summed E-state index contributed by atoms with van der Waals surface area (Å²) in [6, 6.07) is 0. The summed E-state index contributed by atoms with van der Waals surface area (Å²) in [6.07, 6.45) is 16.7. The number of hydrogen-bond donors (Lipinski definition) is 0. The molecule has 4 rings (SSSR count). The van der Waals surface area contributed by atoms with Crippen molar-refractivity contribution in [1.29, 1.82) is 0 Å². The van der Waals surface area contributed by atoms with Gasteiger partial charge in [0, 0.05) is 0 Å². The van der Waals surface area contributed by atoms with Gasteiger partial charge in [0.1, 0.15) is 6.10 Å². The summed E-state index contributed by atoms with van der Waals surface area (Å²) in [7, 11) is 0. The van der Waals surface area contributed by atoms with Gasteiger partial charge in [0.2, 0.25) is 0 Å². The molecule has 5 unspecified atom stereocenters. The van der Waals surface area contributed by atoms with E-state index in [0.717, 1.165) is 54.3 Å². The van der Waals surface area contributed by atoms with Crippen LogP contribution in [0.5, 0.6) is 0 Å². The van der Waals surface area contributed by atoms with Crippen LogP contribution >= 0.6 is 0 Å². The number of ether oxygens (including phenoxy) is 1. The second-order valence-electron chi connectivity index (χ2n) is 12.8. The lowest BCUT2D eigenvalue weighted by molar-refractivity contribution is -0.151. The first kappa shape index (κ1) is 22.7. The summed E-state index contributed by atoms with van der Waals surface area (Å²) in [4.78, 5) is 10.9. The molecule has 0 bridgehead atoms. The average Bonchev–Trinajstić information content (AvgIpc) is 3.05. The monoisotopic (exact) mass is 416 g/mol. The van der Waals surface area contributed by atoms with E-state index in [1.54, 1.807) is 0 Å². The van der Waals surface area contributed by atoms with Gasteiger partial charge in [-0.05, 0) is 110 Å². The molecule has 0 spiro atoms. The smallest absolute Gasteiger partial charge is 0.293 e. The third kappa shape index (κ3) is 3.88. The van der Waals surface area contributed by atoms with Gasteiger partial charge in [-0.3, -0.25) is 4.79 Å². The number of carbonyl (C=O) groups is 1. The highest BCUT2D eigenvalue weighted by Gasteiger charge is 2.60. The molecule has 2 nitrogen and oxygen atoms in total. The van der Waals surface area contributed by atoms with Crippen molar-refractivity contribution in [3.63, 3.8) is 0 Å². The topological polar surface area (TPSA) is 26.3 Å². The fraction of sp³-hybridized carbons (Fsp3) is 0.964. The molecule has 9 atom stereocenters. The van der Waals surface area contributed by atoms with Crippen LogP contribution in [0.25, 0.3) is 0 Å². The minimum atomic E-state index is 0.188. The van der Waals surface area contributed by atoms with Gasteiger partial charge < -0.3 is 4.74 Å². The second-order valence-corrected chi connectivity index (χ2v) is 12.8. The van der Waals surface area contributed by atoms with Crippen LogP contribution in [0.4, 0.5) is 0 Å². The molecule has 0 saturated heterocycles. The summed E-state index contributed by atoms with van der Waals surface area (Å²) in [5.74, 6) is 6.32. The summed E-state index contributed by atoms with van der Waals surface area (Å²) in [6.45, 7) is 13.3. The van der Waals surface area contributed by atoms with E-state index in [1.807, 2.05) is 0 Å². The van der Waals surface area contributed by atoms with Crippen LogP contribution < -0.4 is 0 Å². The summed E-state index contributed by atoms with van der Waals surface area (Å²) < 4.78 is 5.40. The first-order chi connectivity index (χ1) is 14.3. The molecule has 0 heterocycles. The minimum absolute atomic E-state index is 0.188. The number of carbonyl (C=O) groups excluding carboxylic acids is 1. The Balaban J connectivity index is 1.44. The predicted octanol–water partition coefficient (Wildman–Crippen LogP) is 7.65. The van der Waals surface area contributed by atoms with Crippen molar-refractivity contribution in [3.8, 4) is 0 Å². The van der Waals surface area contributed by atoms with Gasteiger partial charge in [0.25, 0.3) is 6.47 Å². The van der Waals surface area contributed by atoms with E-state index in [9.17, 15) is 4.79 Å². The van der Waals surface area contributed by atoms with Crippen LogP contribution in [-0.2, 0) is 9.53 Å². The molecule has 4 saturated carbocycles. The maximum absolute atomic E-state index is 10.9. The van der Waals surface area contributed by atoms with Crippen LogP contribution in [0.1, 0.15) is 112 Å². The molecular weight excluding hydrogens is 368 g/mol. The Morgan fingerprint density at radius 2 is 1.63 bits per heavy atom. The van der Waals surface area contributed by atoms with E-state index >= 15 is 0 Å². The highest BCUT2D eigenvalue weighted by atomic mass is 16.5. The minimum Gasteiger partial charge on any atom is -0.465 e. The number of fused-ring (bicyclic) bond motifs is 5. The first-order valence-corrected chi connectivity index (χ1v) is 13.4. The molecule has 4 fully saturated rings. The van der Waals surface area contributed by atoms with E-state index in [4.69, 9.17) is 4.74 Å². The highest BCUT2D eigenvalue weighted by Crippen LogP contribution is 2.68. The van der Waals surface area contributed by atoms with Crippen LogP contribution in [0.2, 0.25) is 0 Å². The second kappa shape index (κ2) is 8.78. The van der Waals surface area contributed by atoms with E-state index in [1.165, 1.54) is 64.2 Å². The maximum Gasteiger partial charge on any atom is 0.293 e. The van der Waals surface area contributed by atoms with Crippen molar-refractivity contribution in [1.82, 2.24) is 0 Å². The Morgan fingerprint density at radius 1 is 0.900 bits per heavy atom. The van der Waals surface area contributed by atoms with Gasteiger partial charge in [0.05, 0.1) is 0 Å². The van der Waals surface area contributed by atoms with Crippen molar-refractivity contribution in [2.24, 2.45) is 52.3 Å². The van der Waals surface area contributed by atoms with Gasteiger partial charge in [-0.1, -0.05) is 53.9 Å². The van der Waals surface area contributed by atoms with Gasteiger partial charge in [-0.25, -0.2) is 0 Å². The van der Waals surface area contributed by atoms with Gasteiger partial charge >= 0.3 is 0 Å². The summed E-state index contributed by atoms with van der Waals surface area (Å²) in [5.41, 5.74) is 1.09. The third-order valence-electron chi connectivity index (χ3n) is 11.1. The van der Waals surface area contributed by atoms with Crippen molar-refractivity contribution in [3.05, 3.63) is 0 Å². The van der Waals surface area contributed by atoms with Crippen LogP contribution in [0.3, 0.4) is 0 Å². The SMILES string of the molecule is CC(C)CCC[C@@H](C)[C@H]1CCC2C3CCC4CC(OC=O)CC[C@]4(C)C3CC[C@@]21C. The Morgan fingerprint density at radius 3 is 2.37 bits per heavy atom. The Hall–Kier alpha value is -0.530. The third-order valence-corrected chi connectivity index (χ3v) is 11.1. The van der Waals surface area contributed by atoms with Crippen molar-refractivity contribution in [2.75, 3.05) is 0 Å². The molecule has 0 aromatic rings. The molecule has 0 aromatic heterocycles. The van der Waals surface area contributed by atoms with Crippen molar-refractivity contribution in [2.45, 2.75) is 118 Å². The Labute approximate surface area is 186 Å². The first-order valence-electron chi connectivity index (χ1n) is 13.4. The quantitative estimate of drug-likeness (QED) is 0.398. The molecule has 0 aliphatic heterocycles. The van der Waals surface area contributed by atoms with Crippen LogP contribution in [-0.4, -0.2) is 12.6 Å². The van der Waals surface area contributed by atoms with Crippen LogP contribution in [0.15, 0.2) is 0 Å². The summed E-state index contributed by atoms with van der Waals surface area (Å²) in [5, 5.41) is 0. The van der Waals surface area contributed by atoms with Crippen molar-refractivity contribution < 1.29 is 9.53 Å². The fourth-order valence-corrected chi connectivity index (χ4v) is 9.45. The lowest BCUT2D eigenvalue weighted by Crippen LogP contribution is -2.54. The normalized spacial score (nSPS) is 46.6. The largest absolute Gasteiger partial charge is 0.465 e. The molecule has 172 valence electrons. The van der Waals surface area contributed by atoms with Crippen molar-refractivity contribution >= 4 is 6.47 Å². The molecule has 0 aromatic carbocycles. The fourth-order valence-electron chi connectivity index (χ4n) is 9.45. The van der Waals surface area contributed by atoms with E-state index in [0.29, 0.717) is 17.3 Å². The number of rotatable bonds is 7. The van der Waals surface area contributed by atoms with E-state index in [-0.39, 0.29) is 6.10 Å². The van der Waals surface area contributed by atoms with E-state index < -0.39 is 0 Å². The zero-order valence-corrected chi connectivity index (χ0v) is 20.5. The molecule has 4 aliphatic carbocycles. The Bertz CT molecular complexity index is 599. The molecule has 0 N–H and O–H groups in total. The lowest BCUT2D eigenvalue weighted by Gasteiger charge is -2.61. The lowest BCUT2D eigenvalue weighted by atomic mass is 9.44. The standard InChI is InChI=1S/C28H48O2/c1-19(2)7-6-8-20(3)24-11-12-25-23-10-9-21-17-22(30-18-29)13-15-27(21,4)26(23)14-16-28(24,25)5/h18-26H,6-17H2,1-5H3/t20-,21?,22?,23?,24-,25?,26?,27+,28-/m1/s1. The molecule has 0 radical (unpaired) electrons. The molecule has 2 heteroatoms. The number of hydrogen-bond acceptors (Lipinski definition) is 2. The molecule has 4 aliphatic rings. The highest BCUT2D eigenvalue weighted by molar-refractivity contribution is 5.37. The van der Waals surface area contributed by atoms with Gasteiger partial charge in [-0.2, -0.15) is 0 Å². The zero-order valence-electron chi connectivity index (χ0n) is 20.5. The zero-order chi connectivity index (χ0) is 21.5.